The lowest BCUT2D eigenvalue weighted by Crippen LogP contribution is -2.61. The molecule has 0 aromatic heterocycles. The summed E-state index contributed by atoms with van der Waals surface area (Å²) in [4.78, 5) is 0. The second-order valence-electron chi connectivity index (χ2n) is 15.6. The third-order valence-electron chi connectivity index (χ3n) is 13.8. The predicted molar refractivity (Wildman–Crippen MR) is 180 cm³/mol. The van der Waals surface area contributed by atoms with E-state index in [1.54, 1.807) is 0 Å². The van der Waals surface area contributed by atoms with Crippen LogP contribution in [-0.4, -0.2) is 49.3 Å². The topological polar surface area (TPSA) is 96.2 Å². The number of fused-ring (bicyclic) bond motifs is 20. The SMILES string of the molecule is C1CCC2C3NC(NC4NC(NC5NC(NC6NC(N3)C3CCCCC63)C3CCCCC53)C3CCCCC43)C2C1.CC.CC. The first-order chi connectivity index (χ1) is 21.8. The Balaban J connectivity index is 0.000000753. The van der Waals surface area contributed by atoms with Crippen LogP contribution in [0.4, 0.5) is 0 Å². The zero-order valence-electron chi connectivity index (χ0n) is 28.6. The van der Waals surface area contributed by atoms with Crippen molar-refractivity contribution in [3.05, 3.63) is 0 Å². The van der Waals surface area contributed by atoms with Gasteiger partial charge in [0.2, 0.25) is 0 Å². The standard InChI is InChI=1S/C32H56N8.2C2H6/c1-2-10-18-17(9-1)25-33-26(18)38-28-21-13-5-6-14-22(21)30(35-28)40-32-24-16-8-7-15-23(24)31(36-32)39-29-20-12-4-3-11-19(20)27(34-29)37-25;2*1-2/h17-40H,1-16H2;2*1-2H3. The molecule has 8 unspecified atom stereocenters. The van der Waals surface area contributed by atoms with Crippen LogP contribution < -0.4 is 42.5 Å². The molecule has 0 aromatic carbocycles. The van der Waals surface area contributed by atoms with Gasteiger partial charge in [-0.25, -0.2) is 0 Å². The summed E-state index contributed by atoms with van der Waals surface area (Å²) in [5, 5.41) is 33.8. The molecule has 0 amide bonds. The van der Waals surface area contributed by atoms with E-state index in [9.17, 15) is 0 Å². The van der Waals surface area contributed by atoms with E-state index in [1.165, 1.54) is 103 Å². The molecule has 5 saturated heterocycles. The lowest BCUT2D eigenvalue weighted by Gasteiger charge is -2.35. The summed E-state index contributed by atoms with van der Waals surface area (Å²) >= 11 is 0. The normalized spacial score (nSPS) is 52.6. The molecule has 8 nitrogen and oxygen atoms in total. The molecule has 0 spiro atoms. The van der Waals surface area contributed by atoms with Gasteiger partial charge in [0.25, 0.3) is 0 Å². The molecule has 5 heterocycles. The Bertz CT molecular complexity index is 711. The molecule has 252 valence electrons. The summed E-state index contributed by atoms with van der Waals surface area (Å²) in [5.74, 6) is 5.97. The van der Waals surface area contributed by atoms with Crippen LogP contribution in [0.2, 0.25) is 0 Å². The first kappa shape index (κ1) is 32.2. The maximum atomic E-state index is 4.26. The Morgan fingerprint density at radius 1 is 0.227 bits per heavy atom. The van der Waals surface area contributed by atoms with Gasteiger partial charge in [-0.1, -0.05) is 79.1 Å². The lowest BCUT2D eigenvalue weighted by atomic mass is 9.76. The molecule has 8 atom stereocenters. The van der Waals surface area contributed by atoms with Gasteiger partial charge in [0, 0.05) is 0 Å². The molecule has 5 aliphatic heterocycles. The van der Waals surface area contributed by atoms with Crippen LogP contribution in [0.3, 0.4) is 0 Å². The number of hydrogen-bond donors (Lipinski definition) is 8. The van der Waals surface area contributed by atoms with E-state index in [-0.39, 0.29) is 0 Å². The van der Waals surface area contributed by atoms with Crippen molar-refractivity contribution in [2.75, 3.05) is 0 Å². The first-order valence-electron chi connectivity index (χ1n) is 19.9. The second kappa shape index (κ2) is 14.4. The minimum absolute atomic E-state index is 0.420. The van der Waals surface area contributed by atoms with Gasteiger partial charge in [-0.2, -0.15) is 0 Å². The highest BCUT2D eigenvalue weighted by Crippen LogP contribution is 2.45. The highest BCUT2D eigenvalue weighted by atomic mass is 15.4. The molecule has 44 heavy (non-hydrogen) atoms. The van der Waals surface area contributed by atoms with Crippen LogP contribution in [0.25, 0.3) is 0 Å². The van der Waals surface area contributed by atoms with Crippen molar-refractivity contribution in [2.24, 2.45) is 47.3 Å². The predicted octanol–water partition coefficient (Wildman–Crippen LogP) is 4.66. The third kappa shape index (κ3) is 5.95. The van der Waals surface area contributed by atoms with Gasteiger partial charge in [-0.15, -0.1) is 0 Å². The van der Waals surface area contributed by atoms with E-state index in [0.29, 0.717) is 49.3 Å². The molecule has 4 aliphatic carbocycles. The molecule has 0 aromatic rings. The smallest absolute Gasteiger partial charge is 0.0628 e. The summed E-state index contributed by atoms with van der Waals surface area (Å²) in [6.07, 6.45) is 25.6. The molecule has 8 N–H and O–H groups in total. The Morgan fingerprint density at radius 2 is 0.341 bits per heavy atom. The van der Waals surface area contributed by atoms with Crippen molar-refractivity contribution >= 4 is 0 Å². The Hall–Kier alpha value is -0.320. The van der Waals surface area contributed by atoms with Gasteiger partial charge < -0.3 is 0 Å². The number of rotatable bonds is 0. The summed E-state index contributed by atoms with van der Waals surface area (Å²) in [5.41, 5.74) is 0. The highest BCUT2D eigenvalue weighted by molar-refractivity contribution is 5.08. The molecule has 9 rings (SSSR count). The van der Waals surface area contributed by atoms with Gasteiger partial charge in [-0.3, -0.25) is 42.5 Å². The van der Waals surface area contributed by atoms with E-state index in [2.05, 4.69) is 42.5 Å². The van der Waals surface area contributed by atoms with Gasteiger partial charge in [0.1, 0.15) is 0 Å². The molecule has 8 bridgehead atoms. The third-order valence-corrected chi connectivity index (χ3v) is 13.8. The van der Waals surface area contributed by atoms with Gasteiger partial charge in [0.05, 0.1) is 49.3 Å². The monoisotopic (exact) mass is 613 g/mol. The largest absolute Gasteiger partial charge is 0.286 e. The summed E-state index contributed by atoms with van der Waals surface area (Å²) in [7, 11) is 0. The average Bonchev–Trinajstić information content (AvgIpc) is 3.82. The zero-order valence-corrected chi connectivity index (χ0v) is 28.6. The molecule has 4 saturated carbocycles. The molecule has 8 heteroatoms. The molecule has 0 radical (unpaired) electrons. The molecular weight excluding hydrogens is 544 g/mol. The fourth-order valence-electron chi connectivity index (χ4n) is 12.0. The Kier molecular flexibility index (Phi) is 10.6. The van der Waals surface area contributed by atoms with Crippen LogP contribution in [0.5, 0.6) is 0 Å². The Morgan fingerprint density at radius 3 is 0.455 bits per heavy atom. The van der Waals surface area contributed by atoms with Crippen molar-refractivity contribution in [2.45, 2.75) is 180 Å². The molecule has 9 fully saturated rings. The summed E-state index contributed by atoms with van der Waals surface area (Å²) in [6.45, 7) is 8.00. The van der Waals surface area contributed by atoms with Gasteiger partial charge in [-0.05, 0) is 98.7 Å². The quantitative estimate of drug-likeness (QED) is 0.200. The van der Waals surface area contributed by atoms with Crippen LogP contribution in [0, 0.1) is 47.3 Å². The van der Waals surface area contributed by atoms with E-state index in [0.717, 1.165) is 47.3 Å². The van der Waals surface area contributed by atoms with Crippen molar-refractivity contribution in [3.8, 4) is 0 Å². The average molecular weight is 613 g/mol. The van der Waals surface area contributed by atoms with Crippen molar-refractivity contribution in [1.82, 2.24) is 42.5 Å². The second-order valence-corrected chi connectivity index (χ2v) is 15.6. The minimum Gasteiger partial charge on any atom is -0.286 e. The van der Waals surface area contributed by atoms with E-state index in [1.807, 2.05) is 27.7 Å². The number of hydrogen-bond acceptors (Lipinski definition) is 8. The zero-order chi connectivity index (χ0) is 30.2. The van der Waals surface area contributed by atoms with Crippen LogP contribution >= 0.6 is 0 Å². The molecule has 9 aliphatic rings. The lowest BCUT2D eigenvalue weighted by molar-refractivity contribution is 0.167. The fraction of sp³-hybridized carbons (Fsp3) is 1.00. The van der Waals surface area contributed by atoms with Crippen molar-refractivity contribution in [1.29, 1.82) is 0 Å². The highest BCUT2D eigenvalue weighted by Gasteiger charge is 2.54. The summed E-state index contributed by atoms with van der Waals surface area (Å²) in [6, 6.07) is 0. The van der Waals surface area contributed by atoms with E-state index in [4.69, 9.17) is 0 Å². The van der Waals surface area contributed by atoms with Crippen molar-refractivity contribution in [3.63, 3.8) is 0 Å². The number of nitrogens with one attached hydrogen (secondary N) is 8. The van der Waals surface area contributed by atoms with Gasteiger partial charge >= 0.3 is 0 Å². The maximum absolute atomic E-state index is 4.26. The van der Waals surface area contributed by atoms with Crippen LogP contribution in [0.1, 0.15) is 130 Å². The van der Waals surface area contributed by atoms with Crippen LogP contribution in [-0.2, 0) is 0 Å². The van der Waals surface area contributed by atoms with E-state index < -0.39 is 0 Å². The van der Waals surface area contributed by atoms with Gasteiger partial charge in [0.15, 0.2) is 0 Å². The van der Waals surface area contributed by atoms with Crippen molar-refractivity contribution < 1.29 is 0 Å². The minimum atomic E-state index is 0.420. The van der Waals surface area contributed by atoms with E-state index >= 15 is 0 Å². The first-order valence-corrected chi connectivity index (χ1v) is 19.9. The van der Waals surface area contributed by atoms with Crippen LogP contribution in [0.15, 0.2) is 0 Å². The Labute approximate surface area is 269 Å². The summed E-state index contributed by atoms with van der Waals surface area (Å²) < 4.78 is 0. The fourth-order valence-corrected chi connectivity index (χ4v) is 12.0. The maximum Gasteiger partial charge on any atom is 0.0628 e. The molecular formula is C36H68N8.